The first-order valence-corrected chi connectivity index (χ1v) is 11.9. The van der Waals surface area contributed by atoms with Gasteiger partial charge in [0, 0.05) is 33.7 Å². The second kappa shape index (κ2) is 9.86. The van der Waals surface area contributed by atoms with Gasteiger partial charge in [0.15, 0.2) is 0 Å². The number of hydrogen-bond acceptors (Lipinski definition) is 3. The number of rotatable bonds is 7. The van der Waals surface area contributed by atoms with Crippen LogP contribution in [-0.2, 0) is 22.8 Å². The van der Waals surface area contributed by atoms with Crippen LogP contribution in [0.3, 0.4) is 0 Å². The van der Waals surface area contributed by atoms with E-state index < -0.39 is 17.7 Å². The highest BCUT2D eigenvalue weighted by Gasteiger charge is 2.30. The van der Waals surface area contributed by atoms with Crippen molar-refractivity contribution in [2.24, 2.45) is 0 Å². The number of carboxylic acids is 1. The highest BCUT2D eigenvalue weighted by molar-refractivity contribution is 7.99. The quantitative estimate of drug-likeness (QED) is 0.351. The monoisotopic (exact) mass is 490 g/mol. The number of aryl methyl sites for hydroxylation is 2. The lowest BCUT2D eigenvalue weighted by Crippen LogP contribution is -2.15. The number of alkyl halides is 3. The van der Waals surface area contributed by atoms with Gasteiger partial charge in [-0.05, 0) is 67.8 Å². The zero-order valence-electron chi connectivity index (χ0n) is 19.9. The molecule has 3 rings (SSSR count). The third-order valence-electron chi connectivity index (χ3n) is 5.59. The minimum absolute atomic E-state index is 0.0432. The first-order valence-electron chi connectivity index (χ1n) is 11.0. The molecule has 0 spiro atoms. The van der Waals surface area contributed by atoms with Crippen LogP contribution in [0.15, 0.2) is 53.6 Å². The number of nitrogens with zero attached hydrogens (tertiary/aromatic N) is 2. The van der Waals surface area contributed by atoms with E-state index in [-0.39, 0.29) is 17.1 Å². The van der Waals surface area contributed by atoms with Crippen molar-refractivity contribution in [3.8, 4) is 5.69 Å². The fourth-order valence-electron chi connectivity index (χ4n) is 3.73. The van der Waals surface area contributed by atoms with Gasteiger partial charge in [-0.2, -0.15) is 18.3 Å². The van der Waals surface area contributed by atoms with E-state index in [1.807, 2.05) is 25.3 Å². The first-order chi connectivity index (χ1) is 15.8. The highest BCUT2D eigenvalue weighted by Crippen LogP contribution is 2.40. The Labute approximate surface area is 202 Å². The molecule has 1 unspecified atom stereocenters. The summed E-state index contributed by atoms with van der Waals surface area (Å²) in [5.41, 5.74) is 3.61. The van der Waals surface area contributed by atoms with Crippen LogP contribution in [-0.4, -0.2) is 20.9 Å². The van der Waals surface area contributed by atoms with Crippen LogP contribution < -0.4 is 0 Å². The molecule has 182 valence electrons. The molecule has 2 aromatic carbocycles. The van der Waals surface area contributed by atoms with Crippen molar-refractivity contribution < 1.29 is 23.1 Å². The normalized spacial score (nSPS) is 13.2. The first kappa shape index (κ1) is 25.9. The molecule has 8 heteroatoms. The maximum atomic E-state index is 12.9. The van der Waals surface area contributed by atoms with Crippen molar-refractivity contribution in [2.45, 2.75) is 69.2 Å². The van der Waals surface area contributed by atoms with E-state index in [0.29, 0.717) is 12.1 Å². The fraction of sp³-hybridized carbons (Fsp3) is 0.385. The SMILES string of the molecule is Cc1cc(SC(C)c2cn(-c3ccc(C(F)(F)F)cc3)nc2C(C)(C)C)ccc1CCC(=O)O. The molecule has 1 heterocycles. The van der Waals surface area contributed by atoms with Crippen LogP contribution in [0.25, 0.3) is 5.69 Å². The number of carboxylic acid groups (broad SMARTS) is 1. The van der Waals surface area contributed by atoms with Crippen molar-refractivity contribution >= 4 is 17.7 Å². The van der Waals surface area contributed by atoms with E-state index in [9.17, 15) is 18.0 Å². The second-order valence-corrected chi connectivity index (χ2v) is 10.8. The van der Waals surface area contributed by atoms with Gasteiger partial charge in [0.1, 0.15) is 0 Å². The van der Waals surface area contributed by atoms with E-state index in [0.717, 1.165) is 39.4 Å². The van der Waals surface area contributed by atoms with Gasteiger partial charge in [0.2, 0.25) is 0 Å². The van der Waals surface area contributed by atoms with Crippen molar-refractivity contribution in [2.75, 3.05) is 0 Å². The highest BCUT2D eigenvalue weighted by atomic mass is 32.2. The molecule has 0 radical (unpaired) electrons. The Morgan fingerprint density at radius 2 is 1.76 bits per heavy atom. The van der Waals surface area contributed by atoms with Gasteiger partial charge in [0.05, 0.1) is 16.9 Å². The molecule has 1 atom stereocenters. The molecule has 0 bridgehead atoms. The number of hydrogen-bond donors (Lipinski definition) is 1. The minimum atomic E-state index is -4.38. The molecule has 0 aliphatic carbocycles. The molecular formula is C26H29F3N2O2S. The van der Waals surface area contributed by atoms with Gasteiger partial charge in [-0.25, -0.2) is 4.68 Å². The zero-order valence-corrected chi connectivity index (χ0v) is 20.7. The molecule has 1 N–H and O–H groups in total. The summed E-state index contributed by atoms with van der Waals surface area (Å²) >= 11 is 1.67. The topological polar surface area (TPSA) is 55.1 Å². The minimum Gasteiger partial charge on any atom is -0.481 e. The van der Waals surface area contributed by atoms with E-state index in [2.05, 4.69) is 33.8 Å². The van der Waals surface area contributed by atoms with E-state index in [1.165, 1.54) is 12.1 Å². The largest absolute Gasteiger partial charge is 0.481 e. The average Bonchev–Trinajstić information content (AvgIpc) is 3.19. The van der Waals surface area contributed by atoms with E-state index in [1.54, 1.807) is 16.4 Å². The third-order valence-corrected chi connectivity index (χ3v) is 6.72. The predicted octanol–water partition coefficient (Wildman–Crippen LogP) is 7.37. The van der Waals surface area contributed by atoms with Crippen molar-refractivity contribution in [1.29, 1.82) is 0 Å². The van der Waals surface area contributed by atoms with Crippen LogP contribution in [0.2, 0.25) is 0 Å². The molecule has 0 saturated carbocycles. The van der Waals surface area contributed by atoms with Crippen LogP contribution in [0.1, 0.15) is 67.3 Å². The number of aromatic nitrogens is 2. The Kier molecular flexibility index (Phi) is 7.50. The summed E-state index contributed by atoms with van der Waals surface area (Å²) < 4.78 is 40.5. The lowest BCUT2D eigenvalue weighted by molar-refractivity contribution is -0.138. The van der Waals surface area contributed by atoms with Crippen LogP contribution in [0.5, 0.6) is 0 Å². The lowest BCUT2D eigenvalue weighted by atomic mass is 9.89. The van der Waals surface area contributed by atoms with Gasteiger partial charge >= 0.3 is 12.1 Å². The third kappa shape index (κ3) is 6.23. The van der Waals surface area contributed by atoms with Gasteiger partial charge in [-0.1, -0.05) is 26.8 Å². The predicted molar refractivity (Wildman–Crippen MR) is 129 cm³/mol. The van der Waals surface area contributed by atoms with Gasteiger partial charge in [0.25, 0.3) is 0 Å². The number of aliphatic carboxylic acids is 1. The Morgan fingerprint density at radius 1 is 1.12 bits per heavy atom. The molecule has 0 saturated heterocycles. The van der Waals surface area contributed by atoms with Gasteiger partial charge in [-0.15, -0.1) is 11.8 Å². The summed E-state index contributed by atoms with van der Waals surface area (Å²) in [6.45, 7) is 10.3. The Balaban J connectivity index is 1.88. The van der Waals surface area contributed by atoms with E-state index in [4.69, 9.17) is 10.2 Å². The maximum absolute atomic E-state index is 12.9. The van der Waals surface area contributed by atoms with Crippen molar-refractivity contribution in [3.63, 3.8) is 0 Å². The average molecular weight is 491 g/mol. The van der Waals surface area contributed by atoms with Gasteiger partial charge < -0.3 is 5.11 Å². The molecule has 34 heavy (non-hydrogen) atoms. The molecule has 0 aliphatic heterocycles. The summed E-state index contributed by atoms with van der Waals surface area (Å²) in [7, 11) is 0. The van der Waals surface area contributed by atoms with E-state index >= 15 is 0 Å². The fourth-order valence-corrected chi connectivity index (χ4v) is 4.83. The molecule has 4 nitrogen and oxygen atoms in total. The molecule has 0 aliphatic rings. The lowest BCUT2D eigenvalue weighted by Gasteiger charge is -2.20. The van der Waals surface area contributed by atoms with Crippen LogP contribution >= 0.6 is 11.8 Å². The van der Waals surface area contributed by atoms with Gasteiger partial charge in [-0.3, -0.25) is 4.79 Å². The number of thioether (sulfide) groups is 1. The summed E-state index contributed by atoms with van der Waals surface area (Å²) in [4.78, 5) is 11.9. The molecule has 3 aromatic rings. The summed E-state index contributed by atoms with van der Waals surface area (Å²) in [6.07, 6.45) is -1.89. The van der Waals surface area contributed by atoms with Crippen LogP contribution in [0.4, 0.5) is 13.2 Å². The standard InChI is InChI=1S/C26H29F3N2O2S/c1-16-14-21(12-6-18(16)7-13-23(32)33)34-17(2)22-15-31(30-24(22)25(3,4)5)20-10-8-19(9-11-20)26(27,28)29/h6,8-12,14-15,17H,7,13H2,1-5H3,(H,32,33). The number of halogens is 3. The number of carbonyl (C=O) groups is 1. The molecule has 0 fully saturated rings. The van der Waals surface area contributed by atoms with Crippen molar-refractivity contribution in [1.82, 2.24) is 9.78 Å². The molecular weight excluding hydrogens is 461 g/mol. The summed E-state index contributed by atoms with van der Waals surface area (Å²) in [5.74, 6) is -0.814. The number of benzene rings is 2. The molecule has 0 amide bonds. The van der Waals surface area contributed by atoms with Crippen molar-refractivity contribution in [3.05, 3.63) is 76.6 Å². The Morgan fingerprint density at radius 3 is 2.29 bits per heavy atom. The second-order valence-electron chi connectivity index (χ2n) is 9.41. The summed E-state index contributed by atoms with van der Waals surface area (Å²) in [5, 5.41) is 13.7. The zero-order chi connectivity index (χ0) is 25.3. The smallest absolute Gasteiger partial charge is 0.416 e. The summed E-state index contributed by atoms with van der Waals surface area (Å²) in [6, 6.07) is 11.0. The maximum Gasteiger partial charge on any atom is 0.416 e. The molecule has 1 aromatic heterocycles. The van der Waals surface area contributed by atoms with Crippen LogP contribution in [0, 0.1) is 6.92 Å². The Bertz CT molecular complexity index is 1160. The Hall–Kier alpha value is -2.74.